The Hall–Kier alpha value is -1.70. The molecule has 0 bridgehead atoms. The SMILES string of the molecule is NCc1ccc(Cl)c(S(=O)(=O)Nc2cccc(F)c2F)c1. The number of rotatable bonds is 4. The first kappa shape index (κ1) is 15.7. The molecule has 0 fully saturated rings. The highest BCUT2D eigenvalue weighted by atomic mass is 35.5. The van der Waals surface area contributed by atoms with Crippen molar-refractivity contribution in [1.82, 2.24) is 0 Å². The molecule has 0 aliphatic carbocycles. The summed E-state index contributed by atoms with van der Waals surface area (Å²) >= 11 is 5.85. The van der Waals surface area contributed by atoms with Crippen LogP contribution in [0.5, 0.6) is 0 Å². The van der Waals surface area contributed by atoms with E-state index in [4.69, 9.17) is 17.3 Å². The maximum absolute atomic E-state index is 13.5. The quantitative estimate of drug-likeness (QED) is 0.904. The number of anilines is 1. The lowest BCUT2D eigenvalue weighted by molar-refractivity contribution is 0.511. The fraction of sp³-hybridized carbons (Fsp3) is 0.0769. The molecule has 0 saturated carbocycles. The number of nitrogens with one attached hydrogen (secondary N) is 1. The minimum Gasteiger partial charge on any atom is -0.326 e. The number of hydrogen-bond donors (Lipinski definition) is 2. The molecule has 0 spiro atoms. The van der Waals surface area contributed by atoms with Crippen LogP contribution in [0.1, 0.15) is 5.56 Å². The highest BCUT2D eigenvalue weighted by Crippen LogP contribution is 2.26. The molecule has 0 radical (unpaired) electrons. The molecule has 0 heterocycles. The number of sulfonamides is 1. The van der Waals surface area contributed by atoms with Crippen LogP contribution in [0.15, 0.2) is 41.3 Å². The third-order valence-electron chi connectivity index (χ3n) is 2.72. The normalized spacial score (nSPS) is 11.4. The van der Waals surface area contributed by atoms with Crippen molar-refractivity contribution in [2.75, 3.05) is 4.72 Å². The van der Waals surface area contributed by atoms with E-state index in [0.717, 1.165) is 12.1 Å². The maximum Gasteiger partial charge on any atom is 0.263 e. The summed E-state index contributed by atoms with van der Waals surface area (Å²) in [6.07, 6.45) is 0. The summed E-state index contributed by atoms with van der Waals surface area (Å²) in [6, 6.07) is 7.41. The van der Waals surface area contributed by atoms with Crippen molar-refractivity contribution < 1.29 is 17.2 Å². The molecule has 2 rings (SSSR count). The van der Waals surface area contributed by atoms with Gasteiger partial charge in [0.2, 0.25) is 0 Å². The van der Waals surface area contributed by atoms with Gasteiger partial charge in [-0.2, -0.15) is 0 Å². The number of hydrogen-bond acceptors (Lipinski definition) is 3. The van der Waals surface area contributed by atoms with Crippen molar-refractivity contribution in [3.05, 3.63) is 58.6 Å². The summed E-state index contributed by atoms with van der Waals surface area (Å²) in [7, 11) is -4.16. The lowest BCUT2D eigenvalue weighted by Crippen LogP contribution is -2.15. The average molecular weight is 333 g/mol. The van der Waals surface area contributed by atoms with Crippen molar-refractivity contribution in [1.29, 1.82) is 0 Å². The molecule has 0 amide bonds. The Balaban J connectivity index is 2.46. The van der Waals surface area contributed by atoms with E-state index < -0.39 is 27.3 Å². The van der Waals surface area contributed by atoms with Gasteiger partial charge in [0.25, 0.3) is 10.0 Å². The summed E-state index contributed by atoms with van der Waals surface area (Å²) < 4.78 is 53.1. The standard InChI is InChI=1S/C13H11ClF2N2O2S/c14-9-5-4-8(7-17)6-12(9)21(19,20)18-11-3-1-2-10(15)13(11)16/h1-6,18H,7,17H2. The van der Waals surface area contributed by atoms with Crippen molar-refractivity contribution >= 4 is 27.3 Å². The van der Waals surface area contributed by atoms with E-state index >= 15 is 0 Å². The molecule has 0 aliphatic heterocycles. The van der Waals surface area contributed by atoms with Crippen LogP contribution in [0.4, 0.5) is 14.5 Å². The van der Waals surface area contributed by atoms with E-state index in [1.807, 2.05) is 4.72 Å². The second-order valence-electron chi connectivity index (χ2n) is 4.18. The summed E-state index contributed by atoms with van der Waals surface area (Å²) in [5.41, 5.74) is 5.49. The summed E-state index contributed by atoms with van der Waals surface area (Å²) in [5.74, 6) is -2.44. The van der Waals surface area contributed by atoms with Gasteiger partial charge < -0.3 is 5.73 Å². The number of nitrogens with two attached hydrogens (primary N) is 1. The zero-order valence-corrected chi connectivity index (χ0v) is 12.2. The molecule has 2 aromatic rings. The lowest BCUT2D eigenvalue weighted by atomic mass is 10.2. The highest BCUT2D eigenvalue weighted by Gasteiger charge is 2.21. The van der Waals surface area contributed by atoms with Crippen LogP contribution in [0.3, 0.4) is 0 Å². The van der Waals surface area contributed by atoms with Crippen LogP contribution in [0.25, 0.3) is 0 Å². The topological polar surface area (TPSA) is 72.2 Å². The van der Waals surface area contributed by atoms with Crippen LogP contribution in [-0.2, 0) is 16.6 Å². The number of benzene rings is 2. The zero-order chi connectivity index (χ0) is 15.6. The van der Waals surface area contributed by atoms with E-state index in [2.05, 4.69) is 0 Å². The van der Waals surface area contributed by atoms with Gasteiger partial charge in [0.05, 0.1) is 10.7 Å². The Morgan fingerprint density at radius 2 is 1.90 bits per heavy atom. The second-order valence-corrected chi connectivity index (χ2v) is 6.23. The lowest BCUT2D eigenvalue weighted by Gasteiger charge is -2.11. The molecule has 2 aromatic carbocycles. The van der Waals surface area contributed by atoms with E-state index in [1.54, 1.807) is 6.07 Å². The molecule has 0 aromatic heterocycles. The Bertz CT molecular complexity index is 782. The maximum atomic E-state index is 13.5. The van der Waals surface area contributed by atoms with Crippen LogP contribution in [-0.4, -0.2) is 8.42 Å². The molecule has 4 nitrogen and oxygen atoms in total. The van der Waals surface area contributed by atoms with Crippen LogP contribution >= 0.6 is 11.6 Å². The van der Waals surface area contributed by atoms with E-state index in [0.29, 0.717) is 5.56 Å². The van der Waals surface area contributed by atoms with Crippen LogP contribution in [0.2, 0.25) is 5.02 Å². The predicted molar refractivity (Wildman–Crippen MR) is 76.5 cm³/mol. The Labute approximate surface area is 125 Å². The van der Waals surface area contributed by atoms with Gasteiger partial charge >= 0.3 is 0 Å². The van der Waals surface area contributed by atoms with Crippen molar-refractivity contribution in [2.24, 2.45) is 5.73 Å². The van der Waals surface area contributed by atoms with Crippen LogP contribution in [0, 0.1) is 11.6 Å². The Kier molecular flexibility index (Phi) is 4.46. The van der Waals surface area contributed by atoms with Crippen molar-refractivity contribution in [2.45, 2.75) is 11.4 Å². The highest BCUT2D eigenvalue weighted by molar-refractivity contribution is 7.92. The molecule has 3 N–H and O–H groups in total. The largest absolute Gasteiger partial charge is 0.326 e. The Morgan fingerprint density at radius 3 is 2.57 bits per heavy atom. The zero-order valence-electron chi connectivity index (χ0n) is 10.6. The van der Waals surface area contributed by atoms with Gasteiger partial charge in [0.1, 0.15) is 4.90 Å². The fourth-order valence-corrected chi connectivity index (χ4v) is 3.27. The van der Waals surface area contributed by atoms with Crippen molar-refractivity contribution in [3.8, 4) is 0 Å². The molecular formula is C13H11ClF2N2O2S. The van der Waals surface area contributed by atoms with Gasteiger partial charge in [-0.15, -0.1) is 0 Å². The summed E-state index contributed by atoms with van der Waals surface area (Å²) in [4.78, 5) is -0.254. The van der Waals surface area contributed by atoms with Gasteiger partial charge in [-0.05, 0) is 29.8 Å². The predicted octanol–water partition coefficient (Wildman–Crippen LogP) is 2.88. The third-order valence-corrected chi connectivity index (χ3v) is 4.56. The second kappa shape index (κ2) is 5.97. The average Bonchev–Trinajstić information content (AvgIpc) is 2.44. The molecule has 0 atom stereocenters. The van der Waals surface area contributed by atoms with Gasteiger partial charge in [0, 0.05) is 6.54 Å². The van der Waals surface area contributed by atoms with Crippen LogP contribution < -0.4 is 10.5 Å². The van der Waals surface area contributed by atoms with Gasteiger partial charge in [0.15, 0.2) is 11.6 Å². The first-order valence-electron chi connectivity index (χ1n) is 5.80. The summed E-state index contributed by atoms with van der Waals surface area (Å²) in [6.45, 7) is 0.119. The fourth-order valence-electron chi connectivity index (χ4n) is 1.66. The van der Waals surface area contributed by atoms with E-state index in [-0.39, 0.29) is 16.5 Å². The third kappa shape index (κ3) is 3.31. The molecule has 112 valence electrons. The molecule has 0 aliphatic rings. The summed E-state index contributed by atoms with van der Waals surface area (Å²) in [5, 5.41) is -0.0449. The molecule has 21 heavy (non-hydrogen) atoms. The molecule has 8 heteroatoms. The van der Waals surface area contributed by atoms with Gasteiger partial charge in [-0.1, -0.05) is 23.7 Å². The van der Waals surface area contributed by atoms with Gasteiger partial charge in [-0.3, -0.25) is 4.72 Å². The minimum absolute atomic E-state index is 0.0449. The van der Waals surface area contributed by atoms with Crippen molar-refractivity contribution in [3.63, 3.8) is 0 Å². The van der Waals surface area contributed by atoms with Gasteiger partial charge in [-0.25, -0.2) is 17.2 Å². The first-order chi connectivity index (χ1) is 9.85. The molecule has 0 unspecified atom stereocenters. The smallest absolute Gasteiger partial charge is 0.263 e. The first-order valence-corrected chi connectivity index (χ1v) is 7.66. The molecule has 0 saturated heterocycles. The Morgan fingerprint density at radius 1 is 1.19 bits per heavy atom. The number of halogens is 3. The minimum atomic E-state index is -4.16. The molecular weight excluding hydrogens is 322 g/mol. The monoisotopic (exact) mass is 332 g/mol. The van der Waals surface area contributed by atoms with E-state index in [9.17, 15) is 17.2 Å². The van der Waals surface area contributed by atoms with E-state index in [1.165, 1.54) is 18.2 Å².